The summed E-state index contributed by atoms with van der Waals surface area (Å²) in [6.45, 7) is 1.34. The summed E-state index contributed by atoms with van der Waals surface area (Å²) in [6.07, 6.45) is 6.96. The average Bonchev–Trinajstić information content (AvgIpc) is 3.44. The number of benzene rings is 2. The molecule has 0 bridgehead atoms. The van der Waals surface area contributed by atoms with Gasteiger partial charge in [0.05, 0.1) is 0 Å². The second kappa shape index (κ2) is 9.71. The highest BCUT2D eigenvalue weighted by atomic mass is 16.7. The summed E-state index contributed by atoms with van der Waals surface area (Å²) < 4.78 is 21.1. The topological polar surface area (TPSA) is 95.1 Å². The number of carbonyl (C=O) groups excluding carboxylic acids is 2. The molecule has 0 aliphatic carbocycles. The van der Waals surface area contributed by atoms with Crippen molar-refractivity contribution in [1.29, 1.82) is 0 Å². The van der Waals surface area contributed by atoms with E-state index in [4.69, 9.17) is 18.9 Å². The van der Waals surface area contributed by atoms with Crippen molar-refractivity contribution < 1.29 is 28.5 Å². The Labute approximate surface area is 179 Å². The molecule has 8 nitrogen and oxygen atoms in total. The molecule has 4 rings (SSSR count). The Hall–Kier alpha value is -3.94. The van der Waals surface area contributed by atoms with Crippen molar-refractivity contribution in [3.63, 3.8) is 0 Å². The van der Waals surface area contributed by atoms with E-state index in [1.807, 2.05) is 36.4 Å². The van der Waals surface area contributed by atoms with E-state index >= 15 is 0 Å². The standard InChI is InChI=1S/C23H22N2O6/c26-22(8-4-16-2-6-18-20(12-16)30-14-28-18)24-10-1-11-25-23(27)9-5-17-3-7-19-21(13-17)31-15-29-19/h2-9,12-13H,1,10-11,14-15H2,(H,24,26)(H,25,27)/b8-4-,9-5-. The summed E-state index contributed by atoms with van der Waals surface area (Å²) in [7, 11) is 0. The fraction of sp³-hybridized carbons (Fsp3) is 0.217. The first kappa shape index (κ1) is 20.3. The molecule has 31 heavy (non-hydrogen) atoms. The Morgan fingerprint density at radius 3 is 1.65 bits per heavy atom. The molecule has 2 amide bonds. The molecule has 2 aromatic carbocycles. The third kappa shape index (κ3) is 5.57. The number of amides is 2. The molecule has 0 saturated heterocycles. The number of hydrogen-bond donors (Lipinski definition) is 2. The SMILES string of the molecule is O=C(/C=C\c1ccc2c(c1)OCO2)NCCCNC(=O)/C=C\c1ccc2c(c1)OCO2. The molecule has 0 aromatic heterocycles. The Morgan fingerprint density at radius 1 is 0.710 bits per heavy atom. The van der Waals surface area contributed by atoms with Gasteiger partial charge in [0.2, 0.25) is 25.4 Å². The first-order valence-electron chi connectivity index (χ1n) is 9.88. The zero-order valence-electron chi connectivity index (χ0n) is 16.8. The smallest absolute Gasteiger partial charge is 0.244 e. The minimum absolute atomic E-state index is 0.202. The Balaban J connectivity index is 1.12. The number of ether oxygens (including phenoxy) is 4. The van der Waals surface area contributed by atoms with Crippen molar-refractivity contribution in [2.24, 2.45) is 0 Å². The molecule has 0 unspecified atom stereocenters. The number of hydrogen-bond acceptors (Lipinski definition) is 6. The van der Waals surface area contributed by atoms with Crippen LogP contribution in [0.15, 0.2) is 48.6 Å². The summed E-state index contributed by atoms with van der Waals surface area (Å²) in [6, 6.07) is 11.0. The van der Waals surface area contributed by atoms with Gasteiger partial charge in [-0.05, 0) is 54.0 Å². The van der Waals surface area contributed by atoms with Crippen LogP contribution < -0.4 is 29.6 Å². The van der Waals surface area contributed by atoms with Crippen LogP contribution in [0.3, 0.4) is 0 Å². The number of rotatable bonds is 8. The Kier molecular flexibility index (Phi) is 6.37. The normalized spacial score (nSPS) is 13.7. The molecule has 0 fully saturated rings. The Bertz CT molecular complexity index is 949. The lowest BCUT2D eigenvalue weighted by Crippen LogP contribution is -2.28. The highest BCUT2D eigenvalue weighted by molar-refractivity contribution is 5.92. The number of fused-ring (bicyclic) bond motifs is 2. The maximum absolute atomic E-state index is 11.9. The van der Waals surface area contributed by atoms with Gasteiger partial charge in [-0.3, -0.25) is 9.59 Å². The minimum Gasteiger partial charge on any atom is -0.454 e. The second-order valence-corrected chi connectivity index (χ2v) is 6.83. The maximum atomic E-state index is 11.9. The van der Waals surface area contributed by atoms with Crippen molar-refractivity contribution in [3.05, 3.63) is 59.7 Å². The van der Waals surface area contributed by atoms with Crippen LogP contribution >= 0.6 is 0 Å². The third-order valence-corrected chi connectivity index (χ3v) is 4.60. The van der Waals surface area contributed by atoms with Gasteiger partial charge in [-0.1, -0.05) is 12.1 Å². The van der Waals surface area contributed by atoms with E-state index in [2.05, 4.69) is 10.6 Å². The van der Waals surface area contributed by atoms with Crippen molar-refractivity contribution in [3.8, 4) is 23.0 Å². The van der Waals surface area contributed by atoms with Crippen molar-refractivity contribution in [2.75, 3.05) is 26.7 Å². The van der Waals surface area contributed by atoms with Crippen LogP contribution in [0, 0.1) is 0 Å². The molecule has 2 aliphatic rings. The predicted octanol–water partition coefficient (Wildman–Crippen LogP) is 2.49. The van der Waals surface area contributed by atoms with E-state index < -0.39 is 0 Å². The molecular weight excluding hydrogens is 400 g/mol. The molecule has 2 heterocycles. The van der Waals surface area contributed by atoms with Gasteiger partial charge >= 0.3 is 0 Å². The van der Waals surface area contributed by atoms with Gasteiger partial charge < -0.3 is 29.6 Å². The van der Waals surface area contributed by atoms with Gasteiger partial charge in [0.25, 0.3) is 0 Å². The quantitative estimate of drug-likeness (QED) is 0.501. The molecule has 160 valence electrons. The molecule has 0 spiro atoms. The van der Waals surface area contributed by atoms with Crippen LogP contribution in [0.2, 0.25) is 0 Å². The summed E-state index contributed by atoms with van der Waals surface area (Å²) in [5.41, 5.74) is 1.70. The molecule has 0 saturated carbocycles. The molecule has 0 atom stereocenters. The minimum atomic E-state index is -0.202. The monoisotopic (exact) mass is 422 g/mol. The molecule has 2 N–H and O–H groups in total. The second-order valence-electron chi connectivity index (χ2n) is 6.83. The van der Waals surface area contributed by atoms with Crippen molar-refractivity contribution in [1.82, 2.24) is 10.6 Å². The molecule has 8 heteroatoms. The predicted molar refractivity (Wildman–Crippen MR) is 114 cm³/mol. The lowest BCUT2D eigenvalue weighted by Gasteiger charge is -2.04. The third-order valence-electron chi connectivity index (χ3n) is 4.60. The number of nitrogens with one attached hydrogen (secondary N) is 2. The van der Waals surface area contributed by atoms with E-state index in [0.29, 0.717) is 42.5 Å². The highest BCUT2D eigenvalue weighted by Crippen LogP contribution is 2.33. The van der Waals surface area contributed by atoms with Crippen LogP contribution in [0.25, 0.3) is 12.2 Å². The first-order chi connectivity index (χ1) is 15.2. The summed E-state index contributed by atoms with van der Waals surface area (Å²) in [4.78, 5) is 23.8. The van der Waals surface area contributed by atoms with Crippen molar-refractivity contribution in [2.45, 2.75) is 6.42 Å². The van der Waals surface area contributed by atoms with Gasteiger partial charge in [0, 0.05) is 25.2 Å². The summed E-state index contributed by atoms with van der Waals surface area (Å²) >= 11 is 0. The van der Waals surface area contributed by atoms with Crippen LogP contribution in [0.5, 0.6) is 23.0 Å². The fourth-order valence-corrected chi connectivity index (χ4v) is 3.01. The van der Waals surface area contributed by atoms with Gasteiger partial charge in [-0.2, -0.15) is 0 Å². The molecule has 0 radical (unpaired) electrons. The van der Waals surface area contributed by atoms with Crippen LogP contribution in [-0.2, 0) is 9.59 Å². The average molecular weight is 422 g/mol. The molecular formula is C23H22N2O6. The van der Waals surface area contributed by atoms with E-state index in [9.17, 15) is 9.59 Å². The Morgan fingerprint density at radius 2 is 1.16 bits per heavy atom. The highest BCUT2D eigenvalue weighted by Gasteiger charge is 2.13. The van der Waals surface area contributed by atoms with Crippen LogP contribution in [0.4, 0.5) is 0 Å². The van der Waals surface area contributed by atoms with Gasteiger partial charge in [0.15, 0.2) is 23.0 Å². The lowest BCUT2D eigenvalue weighted by molar-refractivity contribution is -0.116. The van der Waals surface area contributed by atoms with E-state index in [1.54, 1.807) is 12.2 Å². The zero-order valence-corrected chi connectivity index (χ0v) is 16.8. The zero-order chi connectivity index (χ0) is 21.5. The molecule has 2 aliphatic heterocycles. The first-order valence-corrected chi connectivity index (χ1v) is 9.88. The van der Waals surface area contributed by atoms with Gasteiger partial charge in [-0.25, -0.2) is 0 Å². The maximum Gasteiger partial charge on any atom is 0.244 e. The largest absolute Gasteiger partial charge is 0.454 e. The number of carbonyl (C=O) groups is 2. The van der Waals surface area contributed by atoms with Gasteiger partial charge in [0.1, 0.15) is 0 Å². The van der Waals surface area contributed by atoms with Gasteiger partial charge in [-0.15, -0.1) is 0 Å². The van der Waals surface area contributed by atoms with E-state index in [-0.39, 0.29) is 25.4 Å². The lowest BCUT2D eigenvalue weighted by atomic mass is 10.2. The molecule has 2 aromatic rings. The van der Waals surface area contributed by atoms with E-state index in [0.717, 1.165) is 11.1 Å². The van der Waals surface area contributed by atoms with Crippen LogP contribution in [-0.4, -0.2) is 38.5 Å². The summed E-state index contributed by atoms with van der Waals surface area (Å²) in [5, 5.41) is 5.57. The van der Waals surface area contributed by atoms with E-state index in [1.165, 1.54) is 12.2 Å². The van der Waals surface area contributed by atoms with Crippen molar-refractivity contribution >= 4 is 24.0 Å². The summed E-state index contributed by atoms with van der Waals surface area (Å²) in [5.74, 6) is 2.35. The van der Waals surface area contributed by atoms with Crippen LogP contribution in [0.1, 0.15) is 17.5 Å². The fourth-order valence-electron chi connectivity index (χ4n) is 3.01.